The van der Waals surface area contributed by atoms with Gasteiger partial charge in [0, 0.05) is 0 Å². The van der Waals surface area contributed by atoms with Crippen molar-refractivity contribution in [1.29, 1.82) is 0 Å². The summed E-state index contributed by atoms with van der Waals surface area (Å²) in [5, 5.41) is 4.07. The second-order valence-corrected chi connectivity index (χ2v) is 3.96. The van der Waals surface area contributed by atoms with Crippen LogP contribution in [0.1, 0.15) is 0 Å². The number of hydrogen-bond donors (Lipinski definition) is 1. The predicted octanol–water partition coefficient (Wildman–Crippen LogP) is 0.507. The zero-order valence-corrected chi connectivity index (χ0v) is 10.4. The van der Waals surface area contributed by atoms with Crippen LogP contribution in [0.4, 0.5) is 0 Å². The van der Waals surface area contributed by atoms with E-state index >= 15 is 0 Å². The highest BCUT2D eigenvalue weighted by Gasteiger charge is 2.11. The highest BCUT2D eigenvalue weighted by Crippen LogP contribution is 2.18. The van der Waals surface area contributed by atoms with Crippen molar-refractivity contribution in [3.8, 4) is 11.4 Å². The van der Waals surface area contributed by atoms with E-state index in [1.807, 2.05) is 18.2 Å². The molecule has 0 bridgehead atoms. The van der Waals surface area contributed by atoms with Gasteiger partial charge in [0.2, 0.25) is 0 Å². The van der Waals surface area contributed by atoms with Crippen molar-refractivity contribution in [3.05, 3.63) is 51.9 Å². The number of halogens is 1. The van der Waals surface area contributed by atoms with Crippen LogP contribution in [0.25, 0.3) is 5.69 Å². The number of nitrogens with zero attached hydrogens (tertiary/aromatic N) is 2. The summed E-state index contributed by atoms with van der Waals surface area (Å²) < 4.78 is 6.52. The smallest absolute Gasteiger partial charge is 0.294 e. The van der Waals surface area contributed by atoms with E-state index in [0.29, 0.717) is 18.8 Å². The van der Waals surface area contributed by atoms with Gasteiger partial charge < -0.3 is 10.5 Å². The fourth-order valence-electron chi connectivity index (χ4n) is 1.45. The summed E-state index contributed by atoms with van der Waals surface area (Å²) in [4.78, 5) is 12.0. The molecule has 0 radical (unpaired) electrons. The summed E-state index contributed by atoms with van der Waals surface area (Å²) in [6, 6.07) is 9.07. The highest BCUT2D eigenvalue weighted by atomic mass is 35.5. The maximum atomic E-state index is 12.0. The van der Waals surface area contributed by atoms with Crippen LogP contribution in [-0.4, -0.2) is 22.9 Å². The zero-order valence-electron chi connectivity index (χ0n) is 9.67. The molecule has 0 aliphatic rings. The Kier molecular flexibility index (Phi) is 3.96. The van der Waals surface area contributed by atoms with Crippen molar-refractivity contribution in [2.75, 3.05) is 13.2 Å². The quantitative estimate of drug-likeness (QED) is 0.876. The first kappa shape index (κ1) is 12.6. The van der Waals surface area contributed by atoms with Crippen LogP contribution in [0.3, 0.4) is 0 Å². The third-order valence-electron chi connectivity index (χ3n) is 2.29. The first-order chi connectivity index (χ1) is 8.74. The number of aromatic nitrogens is 2. The average molecular weight is 267 g/mol. The molecule has 6 heteroatoms. The van der Waals surface area contributed by atoms with E-state index in [2.05, 4.69) is 10.8 Å². The summed E-state index contributed by atoms with van der Waals surface area (Å²) in [6.07, 6.45) is 1.44. The predicted molar refractivity (Wildman–Crippen MR) is 68.1 cm³/mol. The molecule has 1 heterocycles. The molecular weight excluding hydrogens is 254 g/mol. The maximum Gasteiger partial charge on any atom is 0.294 e. The molecule has 18 heavy (non-hydrogen) atoms. The van der Waals surface area contributed by atoms with Gasteiger partial charge in [-0.05, 0) is 12.1 Å². The molecule has 0 aliphatic heterocycles. The SMILES string of the molecule is [NH3+]CCOc1cnn(-c2ccccc2)c(=O)c1Cl. The van der Waals surface area contributed by atoms with Crippen LogP contribution < -0.4 is 16.0 Å². The first-order valence-corrected chi connectivity index (χ1v) is 5.87. The molecule has 0 spiro atoms. The molecule has 0 saturated carbocycles. The van der Waals surface area contributed by atoms with Gasteiger partial charge >= 0.3 is 0 Å². The third-order valence-corrected chi connectivity index (χ3v) is 2.64. The standard InChI is InChI=1S/C12H12ClN3O2/c13-11-10(18-7-6-14)8-15-16(12(11)17)9-4-2-1-3-5-9/h1-5,8H,6-7,14H2/p+1. The Hall–Kier alpha value is -1.85. The minimum Gasteiger partial charge on any atom is -0.484 e. The number of benzene rings is 1. The van der Waals surface area contributed by atoms with Gasteiger partial charge in [0.15, 0.2) is 10.8 Å². The minimum atomic E-state index is -0.399. The van der Waals surface area contributed by atoms with Gasteiger partial charge in [0.1, 0.15) is 13.2 Å². The van der Waals surface area contributed by atoms with Crippen molar-refractivity contribution in [3.63, 3.8) is 0 Å². The lowest BCUT2D eigenvalue weighted by molar-refractivity contribution is -0.370. The first-order valence-electron chi connectivity index (χ1n) is 5.49. The van der Waals surface area contributed by atoms with Gasteiger partial charge in [-0.1, -0.05) is 29.8 Å². The number of ether oxygens (including phenoxy) is 1. The van der Waals surface area contributed by atoms with Gasteiger partial charge in [-0.15, -0.1) is 0 Å². The van der Waals surface area contributed by atoms with E-state index in [-0.39, 0.29) is 10.8 Å². The van der Waals surface area contributed by atoms with Crippen molar-refractivity contribution >= 4 is 11.6 Å². The Balaban J connectivity index is 2.41. The minimum absolute atomic E-state index is 0.0299. The lowest BCUT2D eigenvalue weighted by atomic mass is 10.3. The van der Waals surface area contributed by atoms with Crippen LogP contribution in [0.2, 0.25) is 5.02 Å². The van der Waals surface area contributed by atoms with Crippen molar-refractivity contribution in [2.45, 2.75) is 0 Å². The van der Waals surface area contributed by atoms with Crippen LogP contribution in [-0.2, 0) is 0 Å². The van der Waals surface area contributed by atoms with E-state index < -0.39 is 5.56 Å². The van der Waals surface area contributed by atoms with Crippen LogP contribution in [0.15, 0.2) is 41.3 Å². The second kappa shape index (κ2) is 5.66. The monoisotopic (exact) mass is 266 g/mol. The Bertz CT molecular complexity index is 584. The molecule has 2 rings (SSSR count). The molecule has 1 aromatic carbocycles. The van der Waals surface area contributed by atoms with Gasteiger partial charge in [0.25, 0.3) is 5.56 Å². The number of rotatable bonds is 4. The Labute approximate surface area is 109 Å². The molecule has 0 unspecified atom stereocenters. The van der Waals surface area contributed by atoms with Crippen molar-refractivity contribution < 1.29 is 10.5 Å². The largest absolute Gasteiger partial charge is 0.484 e. The molecule has 1 aromatic heterocycles. The summed E-state index contributed by atoms with van der Waals surface area (Å²) in [6.45, 7) is 0.994. The van der Waals surface area contributed by atoms with Crippen LogP contribution in [0, 0.1) is 0 Å². The summed E-state index contributed by atoms with van der Waals surface area (Å²) in [5.41, 5.74) is 3.91. The molecule has 5 nitrogen and oxygen atoms in total. The van der Waals surface area contributed by atoms with Crippen molar-refractivity contribution in [2.24, 2.45) is 0 Å². The van der Waals surface area contributed by atoms with Crippen molar-refractivity contribution in [1.82, 2.24) is 9.78 Å². The molecule has 0 atom stereocenters. The van der Waals surface area contributed by atoms with Gasteiger partial charge in [-0.3, -0.25) is 4.79 Å². The van der Waals surface area contributed by atoms with E-state index in [1.165, 1.54) is 10.9 Å². The number of hydrogen-bond acceptors (Lipinski definition) is 3. The Morgan fingerprint density at radius 2 is 2.06 bits per heavy atom. The molecule has 94 valence electrons. The molecule has 0 saturated heterocycles. The lowest BCUT2D eigenvalue weighted by Gasteiger charge is -2.08. The van der Waals surface area contributed by atoms with E-state index in [1.54, 1.807) is 12.1 Å². The second-order valence-electron chi connectivity index (χ2n) is 3.58. The number of quaternary nitrogens is 1. The van der Waals surface area contributed by atoms with Gasteiger partial charge in [-0.25, -0.2) is 0 Å². The molecule has 2 aromatic rings. The Morgan fingerprint density at radius 1 is 1.33 bits per heavy atom. The summed E-state index contributed by atoms with van der Waals surface area (Å²) in [7, 11) is 0. The zero-order chi connectivity index (χ0) is 13.0. The van der Waals surface area contributed by atoms with Gasteiger partial charge in [-0.2, -0.15) is 9.78 Å². The fourth-order valence-corrected chi connectivity index (χ4v) is 1.64. The lowest BCUT2D eigenvalue weighted by Crippen LogP contribution is -2.52. The fraction of sp³-hybridized carbons (Fsp3) is 0.167. The Morgan fingerprint density at radius 3 is 2.72 bits per heavy atom. The topological polar surface area (TPSA) is 71.8 Å². The van der Waals surface area contributed by atoms with Crippen LogP contribution in [0.5, 0.6) is 5.75 Å². The molecule has 3 N–H and O–H groups in total. The van der Waals surface area contributed by atoms with E-state index in [9.17, 15) is 4.79 Å². The summed E-state index contributed by atoms with van der Waals surface area (Å²) >= 11 is 5.97. The van der Waals surface area contributed by atoms with E-state index in [0.717, 1.165) is 0 Å². The average Bonchev–Trinajstić information content (AvgIpc) is 2.41. The third kappa shape index (κ3) is 2.52. The molecular formula is C12H13ClN3O2+. The highest BCUT2D eigenvalue weighted by molar-refractivity contribution is 6.31. The van der Waals surface area contributed by atoms with E-state index in [4.69, 9.17) is 16.3 Å². The normalized spacial score (nSPS) is 10.3. The van der Waals surface area contributed by atoms with Gasteiger partial charge in [0.05, 0.1) is 11.9 Å². The maximum absolute atomic E-state index is 12.0. The molecule has 0 fully saturated rings. The number of para-hydroxylation sites is 1. The summed E-state index contributed by atoms with van der Waals surface area (Å²) in [5.74, 6) is 0.289. The van der Waals surface area contributed by atoms with Crippen LogP contribution >= 0.6 is 11.6 Å². The molecule has 0 aliphatic carbocycles. The molecule has 0 amide bonds.